The molecule has 0 bridgehead atoms. The van der Waals surface area contributed by atoms with Crippen LogP contribution in [0, 0.1) is 0 Å². The number of aromatic nitrogens is 4. The first-order chi connectivity index (χ1) is 7.18. The Hall–Kier alpha value is -2.15. The molecule has 2 rings (SSSR count). The fourth-order valence-corrected chi connectivity index (χ4v) is 1.22. The van der Waals surface area contributed by atoms with Crippen molar-refractivity contribution in [2.45, 2.75) is 6.17 Å². The Morgan fingerprint density at radius 3 is 2.87 bits per heavy atom. The Bertz CT molecular complexity index is 553. The summed E-state index contributed by atoms with van der Waals surface area (Å²) < 4.78 is 1.18. The number of rotatable bonds is 2. The van der Waals surface area contributed by atoms with E-state index >= 15 is 0 Å². The van der Waals surface area contributed by atoms with Gasteiger partial charge in [0.05, 0.1) is 0 Å². The first-order valence-corrected chi connectivity index (χ1v) is 4.25. The van der Waals surface area contributed by atoms with Gasteiger partial charge < -0.3 is 10.7 Å². The summed E-state index contributed by atoms with van der Waals surface area (Å²) in [4.78, 5) is 31.0. The highest BCUT2D eigenvalue weighted by Gasteiger charge is 2.11. The molecule has 0 saturated carbocycles. The van der Waals surface area contributed by atoms with E-state index in [1.807, 2.05) is 0 Å². The zero-order chi connectivity index (χ0) is 10.8. The number of aromatic amines is 2. The van der Waals surface area contributed by atoms with Gasteiger partial charge in [-0.25, -0.2) is 9.78 Å². The van der Waals surface area contributed by atoms with E-state index in [1.54, 1.807) is 6.20 Å². The molecular formula is C8H9N5O2. The molecule has 0 saturated heterocycles. The summed E-state index contributed by atoms with van der Waals surface area (Å²) in [6.07, 6.45) is 3.73. The number of imidazole rings is 1. The number of nitrogens with two attached hydrogens (primary N) is 1. The molecule has 0 amide bonds. The smallest absolute Gasteiger partial charge is 0.330 e. The van der Waals surface area contributed by atoms with Crippen molar-refractivity contribution in [3.63, 3.8) is 0 Å². The summed E-state index contributed by atoms with van der Waals surface area (Å²) in [6, 6.07) is 1.23. The maximum absolute atomic E-state index is 11.4. The molecule has 0 spiro atoms. The zero-order valence-corrected chi connectivity index (χ0v) is 7.68. The molecule has 0 aliphatic carbocycles. The molecule has 4 N–H and O–H groups in total. The van der Waals surface area contributed by atoms with Crippen molar-refractivity contribution in [2.24, 2.45) is 5.73 Å². The zero-order valence-electron chi connectivity index (χ0n) is 7.68. The molecule has 1 unspecified atom stereocenters. The van der Waals surface area contributed by atoms with Crippen molar-refractivity contribution in [1.82, 2.24) is 19.5 Å². The van der Waals surface area contributed by atoms with E-state index in [1.165, 1.54) is 23.0 Å². The Labute approximate surface area is 83.6 Å². The Kier molecular flexibility index (Phi) is 2.22. The molecule has 78 valence electrons. The summed E-state index contributed by atoms with van der Waals surface area (Å²) in [5, 5.41) is 0. The number of nitrogens with one attached hydrogen (secondary N) is 2. The fraction of sp³-hybridized carbons (Fsp3) is 0.125. The monoisotopic (exact) mass is 207 g/mol. The van der Waals surface area contributed by atoms with Crippen LogP contribution in [0.3, 0.4) is 0 Å². The largest absolute Gasteiger partial charge is 0.346 e. The summed E-state index contributed by atoms with van der Waals surface area (Å²) in [5.74, 6) is 0.448. The standard InChI is InChI=1S/C8H9N5O2/c9-6(7-10-2-3-11-7)13-4-1-5(14)12-8(13)15/h1-4,6H,9H2,(H,10,11)(H,12,14,15). The Morgan fingerprint density at radius 1 is 1.47 bits per heavy atom. The molecule has 0 fully saturated rings. The number of hydrogen-bond acceptors (Lipinski definition) is 4. The molecule has 7 nitrogen and oxygen atoms in total. The number of hydrogen-bond donors (Lipinski definition) is 3. The topological polar surface area (TPSA) is 110 Å². The summed E-state index contributed by atoms with van der Waals surface area (Å²) in [6.45, 7) is 0. The first-order valence-electron chi connectivity index (χ1n) is 4.25. The molecule has 0 aliphatic rings. The molecule has 1 atom stereocenters. The third-order valence-corrected chi connectivity index (χ3v) is 1.95. The van der Waals surface area contributed by atoms with Crippen LogP contribution in [0.15, 0.2) is 34.2 Å². The average Bonchev–Trinajstić information content (AvgIpc) is 2.69. The maximum atomic E-state index is 11.4. The predicted octanol–water partition coefficient (Wildman–Crippen LogP) is -1.23. The molecule has 2 aromatic heterocycles. The van der Waals surface area contributed by atoms with Gasteiger partial charge in [-0.2, -0.15) is 0 Å². The summed E-state index contributed by atoms with van der Waals surface area (Å²) in [7, 11) is 0. The minimum atomic E-state index is -0.732. The van der Waals surface area contributed by atoms with Crippen molar-refractivity contribution < 1.29 is 0 Å². The van der Waals surface area contributed by atoms with Gasteiger partial charge >= 0.3 is 5.69 Å². The number of nitrogens with zero attached hydrogens (tertiary/aromatic N) is 2. The second-order valence-corrected chi connectivity index (χ2v) is 2.94. The van der Waals surface area contributed by atoms with Gasteiger partial charge in [0.2, 0.25) is 0 Å². The normalized spacial score (nSPS) is 12.6. The lowest BCUT2D eigenvalue weighted by atomic mass is 10.4. The molecule has 0 aliphatic heterocycles. The van der Waals surface area contributed by atoms with Gasteiger partial charge in [0, 0.05) is 24.7 Å². The molecule has 0 aromatic carbocycles. The van der Waals surface area contributed by atoms with Gasteiger partial charge in [0.15, 0.2) is 0 Å². The predicted molar refractivity (Wildman–Crippen MR) is 52.2 cm³/mol. The van der Waals surface area contributed by atoms with Gasteiger partial charge in [0.1, 0.15) is 12.0 Å². The highest BCUT2D eigenvalue weighted by atomic mass is 16.2. The van der Waals surface area contributed by atoms with Crippen molar-refractivity contribution in [3.8, 4) is 0 Å². The molecular weight excluding hydrogens is 198 g/mol. The molecule has 2 aromatic rings. The van der Waals surface area contributed by atoms with Crippen LogP contribution < -0.4 is 17.0 Å². The first kappa shape index (κ1) is 9.41. The van der Waals surface area contributed by atoms with E-state index in [9.17, 15) is 9.59 Å². The molecule has 2 heterocycles. The third-order valence-electron chi connectivity index (χ3n) is 1.95. The van der Waals surface area contributed by atoms with Gasteiger partial charge in [0.25, 0.3) is 5.56 Å². The van der Waals surface area contributed by atoms with Crippen LogP contribution in [0.25, 0.3) is 0 Å². The summed E-state index contributed by atoms with van der Waals surface area (Å²) >= 11 is 0. The lowest BCUT2D eigenvalue weighted by molar-refractivity contribution is 0.545. The van der Waals surface area contributed by atoms with Gasteiger partial charge in [-0.05, 0) is 0 Å². The van der Waals surface area contributed by atoms with E-state index < -0.39 is 17.4 Å². The fourth-order valence-electron chi connectivity index (χ4n) is 1.22. The van der Waals surface area contributed by atoms with Crippen molar-refractivity contribution in [2.75, 3.05) is 0 Å². The average molecular weight is 207 g/mol. The SMILES string of the molecule is NC(c1ncc[nH]1)n1ccc(=O)[nH]c1=O. The molecule has 15 heavy (non-hydrogen) atoms. The van der Waals surface area contributed by atoms with E-state index in [4.69, 9.17) is 5.73 Å². The van der Waals surface area contributed by atoms with Gasteiger partial charge in [-0.15, -0.1) is 0 Å². The van der Waals surface area contributed by atoms with E-state index in [0.29, 0.717) is 5.82 Å². The van der Waals surface area contributed by atoms with Crippen molar-refractivity contribution in [3.05, 3.63) is 51.3 Å². The van der Waals surface area contributed by atoms with E-state index in [-0.39, 0.29) is 0 Å². The highest BCUT2D eigenvalue weighted by molar-refractivity contribution is 4.97. The van der Waals surface area contributed by atoms with Crippen molar-refractivity contribution >= 4 is 0 Å². The lowest BCUT2D eigenvalue weighted by Crippen LogP contribution is -2.35. The van der Waals surface area contributed by atoms with Crippen LogP contribution in [-0.2, 0) is 0 Å². The maximum Gasteiger partial charge on any atom is 0.330 e. The van der Waals surface area contributed by atoms with Crippen molar-refractivity contribution in [1.29, 1.82) is 0 Å². The minimum Gasteiger partial charge on any atom is -0.346 e. The van der Waals surface area contributed by atoms with Crippen LogP contribution >= 0.6 is 0 Å². The molecule has 7 heteroatoms. The second-order valence-electron chi connectivity index (χ2n) is 2.94. The third kappa shape index (κ3) is 1.72. The Morgan fingerprint density at radius 2 is 2.27 bits per heavy atom. The van der Waals surface area contributed by atoms with Crippen LogP contribution in [-0.4, -0.2) is 19.5 Å². The van der Waals surface area contributed by atoms with Crippen LogP contribution in [0.5, 0.6) is 0 Å². The van der Waals surface area contributed by atoms with Gasteiger partial charge in [-0.3, -0.25) is 14.3 Å². The second kappa shape index (κ2) is 3.54. The summed E-state index contributed by atoms with van der Waals surface area (Å²) in [5.41, 5.74) is 4.74. The highest BCUT2D eigenvalue weighted by Crippen LogP contribution is 2.02. The van der Waals surface area contributed by atoms with E-state index in [0.717, 1.165) is 0 Å². The van der Waals surface area contributed by atoms with Crippen LogP contribution in [0.2, 0.25) is 0 Å². The lowest BCUT2D eigenvalue weighted by Gasteiger charge is -2.10. The number of H-pyrrole nitrogens is 2. The molecule has 0 radical (unpaired) electrons. The van der Waals surface area contributed by atoms with Gasteiger partial charge in [-0.1, -0.05) is 0 Å². The Balaban J connectivity index is 2.47. The quantitative estimate of drug-likeness (QED) is 0.572. The van der Waals surface area contributed by atoms with E-state index in [2.05, 4.69) is 15.0 Å². The minimum absolute atomic E-state index is 0.448. The van der Waals surface area contributed by atoms with Crippen LogP contribution in [0.1, 0.15) is 12.0 Å². The van der Waals surface area contributed by atoms with Crippen LogP contribution in [0.4, 0.5) is 0 Å².